The number of hydrogen-bond acceptors (Lipinski definition) is 4. The Balaban J connectivity index is 1.47. The third-order valence-electron chi connectivity index (χ3n) is 4.24. The van der Waals surface area contributed by atoms with Gasteiger partial charge in [-0.05, 0) is 36.6 Å². The Labute approximate surface area is 151 Å². The lowest BCUT2D eigenvalue weighted by molar-refractivity contribution is 0.161. The summed E-state index contributed by atoms with van der Waals surface area (Å²) >= 11 is 0. The highest BCUT2D eigenvalue weighted by molar-refractivity contribution is 5.47. The lowest BCUT2D eigenvalue weighted by atomic mass is 10.1. The zero-order valence-electron chi connectivity index (χ0n) is 14.5. The average Bonchev–Trinajstić information content (AvgIpc) is 2.85. The maximum atomic E-state index is 13.2. The minimum atomic E-state index is -0.610. The van der Waals surface area contributed by atoms with Gasteiger partial charge in [0, 0.05) is 31.1 Å². The maximum absolute atomic E-state index is 13.2. The van der Waals surface area contributed by atoms with Gasteiger partial charge in [-0.25, -0.2) is 8.78 Å². The summed E-state index contributed by atoms with van der Waals surface area (Å²) in [5.74, 6) is 0.303. The summed E-state index contributed by atoms with van der Waals surface area (Å²) in [7, 11) is 0. The molecule has 1 unspecified atom stereocenters. The summed E-state index contributed by atoms with van der Waals surface area (Å²) in [6, 6.07) is 9.19. The molecule has 1 atom stereocenters. The van der Waals surface area contributed by atoms with E-state index in [1.807, 2.05) is 18.2 Å². The fraction of sp³-hybridized carbons (Fsp3) is 0.400. The molecule has 0 spiro atoms. The van der Waals surface area contributed by atoms with E-state index in [0.717, 1.165) is 29.5 Å². The van der Waals surface area contributed by atoms with Gasteiger partial charge in [0.2, 0.25) is 0 Å². The van der Waals surface area contributed by atoms with E-state index >= 15 is 0 Å². The second-order valence-electron chi connectivity index (χ2n) is 6.40. The summed E-state index contributed by atoms with van der Waals surface area (Å²) in [5, 5.41) is 13.3. The van der Waals surface area contributed by atoms with Crippen LogP contribution in [0.5, 0.6) is 11.5 Å². The van der Waals surface area contributed by atoms with E-state index in [1.165, 1.54) is 12.1 Å². The summed E-state index contributed by atoms with van der Waals surface area (Å²) in [4.78, 5) is 0. The Hall–Kier alpha value is -2.18. The first-order valence-corrected chi connectivity index (χ1v) is 8.83. The van der Waals surface area contributed by atoms with Gasteiger partial charge >= 0.3 is 0 Å². The molecule has 3 rings (SSSR count). The molecule has 1 aliphatic heterocycles. The number of fused-ring (bicyclic) bond motifs is 1. The molecule has 2 N–H and O–H groups in total. The Bertz CT molecular complexity index is 719. The van der Waals surface area contributed by atoms with Crippen LogP contribution in [-0.2, 0) is 13.0 Å². The smallest absolute Gasteiger partial charge is 0.165 e. The first kappa shape index (κ1) is 18.6. The largest absolute Gasteiger partial charge is 0.490 e. The molecular formula is C20H23F2NO3. The zero-order chi connectivity index (χ0) is 18.4. The van der Waals surface area contributed by atoms with Crippen LogP contribution in [0.3, 0.4) is 0 Å². The molecular weight excluding hydrogens is 340 g/mol. The lowest BCUT2D eigenvalue weighted by Crippen LogP contribution is -2.27. The molecule has 140 valence electrons. The van der Waals surface area contributed by atoms with E-state index in [-0.39, 0.29) is 0 Å². The molecule has 6 heteroatoms. The van der Waals surface area contributed by atoms with Gasteiger partial charge in [0.05, 0.1) is 19.3 Å². The topological polar surface area (TPSA) is 50.7 Å². The zero-order valence-corrected chi connectivity index (χ0v) is 14.5. The van der Waals surface area contributed by atoms with Crippen molar-refractivity contribution in [1.29, 1.82) is 0 Å². The standard InChI is InChI=1S/C20H23F2NO3/c21-16-9-14(10-17(22)11-16)5-6-18(24)13-23-12-15-3-1-4-19-20(15)26-8-2-7-25-19/h1,3-4,9-11,18,23-24H,2,5-8,12-13H2. The van der Waals surface area contributed by atoms with E-state index in [1.54, 1.807) is 0 Å². The number of hydrogen-bond donors (Lipinski definition) is 2. The van der Waals surface area contributed by atoms with E-state index in [9.17, 15) is 13.9 Å². The number of aliphatic hydroxyl groups is 1. The Morgan fingerprint density at radius 1 is 1.08 bits per heavy atom. The van der Waals surface area contributed by atoms with Crippen molar-refractivity contribution in [1.82, 2.24) is 5.32 Å². The van der Waals surface area contributed by atoms with Crippen molar-refractivity contribution in [3.05, 3.63) is 59.2 Å². The predicted molar refractivity (Wildman–Crippen MR) is 94.4 cm³/mol. The number of ether oxygens (including phenoxy) is 2. The number of aryl methyl sites for hydroxylation is 1. The van der Waals surface area contributed by atoms with Crippen molar-refractivity contribution in [3.8, 4) is 11.5 Å². The molecule has 0 fully saturated rings. The third-order valence-corrected chi connectivity index (χ3v) is 4.24. The van der Waals surface area contributed by atoms with E-state index in [0.29, 0.717) is 44.7 Å². The van der Waals surface area contributed by atoms with Crippen LogP contribution < -0.4 is 14.8 Å². The van der Waals surface area contributed by atoms with Crippen LogP contribution in [0.2, 0.25) is 0 Å². The van der Waals surface area contributed by atoms with Gasteiger partial charge in [0.15, 0.2) is 11.5 Å². The Morgan fingerprint density at radius 2 is 1.85 bits per heavy atom. The number of aliphatic hydroxyl groups excluding tert-OH is 1. The third kappa shape index (κ3) is 5.16. The van der Waals surface area contributed by atoms with E-state index < -0.39 is 17.7 Å². The molecule has 0 aromatic heterocycles. The highest BCUT2D eigenvalue weighted by Gasteiger charge is 2.14. The molecule has 2 aromatic rings. The monoisotopic (exact) mass is 363 g/mol. The second kappa shape index (κ2) is 8.96. The van der Waals surface area contributed by atoms with Crippen molar-refractivity contribution < 1.29 is 23.4 Å². The van der Waals surface area contributed by atoms with Crippen LogP contribution in [0.25, 0.3) is 0 Å². The van der Waals surface area contributed by atoms with E-state index in [4.69, 9.17) is 9.47 Å². The first-order chi connectivity index (χ1) is 12.6. The molecule has 0 aliphatic carbocycles. The molecule has 0 amide bonds. The van der Waals surface area contributed by atoms with Crippen molar-refractivity contribution in [3.63, 3.8) is 0 Å². The molecule has 1 heterocycles. The van der Waals surface area contributed by atoms with Gasteiger partial charge in [0.1, 0.15) is 11.6 Å². The molecule has 0 bridgehead atoms. The highest BCUT2D eigenvalue weighted by atomic mass is 19.1. The van der Waals surface area contributed by atoms with Crippen LogP contribution >= 0.6 is 0 Å². The van der Waals surface area contributed by atoms with Crippen LogP contribution in [0.4, 0.5) is 8.78 Å². The highest BCUT2D eigenvalue weighted by Crippen LogP contribution is 2.33. The summed E-state index contributed by atoms with van der Waals surface area (Å²) in [6.45, 7) is 2.18. The van der Waals surface area contributed by atoms with Gasteiger partial charge in [0.25, 0.3) is 0 Å². The fourth-order valence-corrected chi connectivity index (χ4v) is 2.96. The van der Waals surface area contributed by atoms with Crippen LogP contribution in [0, 0.1) is 11.6 Å². The van der Waals surface area contributed by atoms with Crippen molar-refractivity contribution in [2.45, 2.75) is 31.9 Å². The molecule has 0 saturated carbocycles. The average molecular weight is 363 g/mol. The minimum Gasteiger partial charge on any atom is -0.490 e. The molecule has 2 aromatic carbocycles. The number of rotatable bonds is 7. The van der Waals surface area contributed by atoms with Crippen molar-refractivity contribution in [2.75, 3.05) is 19.8 Å². The predicted octanol–water partition coefficient (Wildman–Crippen LogP) is 3.21. The summed E-state index contributed by atoms with van der Waals surface area (Å²) in [5.41, 5.74) is 1.52. The Morgan fingerprint density at radius 3 is 2.65 bits per heavy atom. The molecule has 0 saturated heterocycles. The fourth-order valence-electron chi connectivity index (χ4n) is 2.96. The summed E-state index contributed by atoms with van der Waals surface area (Å²) in [6.07, 6.45) is 1.07. The van der Waals surface area contributed by atoms with Gasteiger partial charge in [-0.15, -0.1) is 0 Å². The molecule has 0 radical (unpaired) electrons. The normalized spacial score (nSPS) is 14.7. The van der Waals surface area contributed by atoms with Crippen LogP contribution in [-0.4, -0.2) is 31.0 Å². The molecule has 1 aliphatic rings. The van der Waals surface area contributed by atoms with Gasteiger partial charge in [-0.1, -0.05) is 12.1 Å². The molecule has 26 heavy (non-hydrogen) atoms. The van der Waals surface area contributed by atoms with Crippen molar-refractivity contribution in [2.24, 2.45) is 0 Å². The van der Waals surface area contributed by atoms with Crippen LogP contribution in [0.1, 0.15) is 24.0 Å². The van der Waals surface area contributed by atoms with Gasteiger partial charge < -0.3 is 19.9 Å². The summed E-state index contributed by atoms with van der Waals surface area (Å²) < 4.78 is 37.8. The number of para-hydroxylation sites is 1. The van der Waals surface area contributed by atoms with Gasteiger partial charge in [-0.3, -0.25) is 0 Å². The first-order valence-electron chi connectivity index (χ1n) is 8.83. The number of nitrogens with one attached hydrogen (secondary N) is 1. The minimum absolute atomic E-state index is 0.377. The van der Waals surface area contributed by atoms with Crippen LogP contribution in [0.15, 0.2) is 36.4 Å². The Kier molecular flexibility index (Phi) is 6.41. The van der Waals surface area contributed by atoms with Gasteiger partial charge in [-0.2, -0.15) is 0 Å². The lowest BCUT2D eigenvalue weighted by Gasteiger charge is -2.15. The van der Waals surface area contributed by atoms with Crippen molar-refractivity contribution >= 4 is 0 Å². The number of benzene rings is 2. The second-order valence-corrected chi connectivity index (χ2v) is 6.40. The number of halogens is 2. The maximum Gasteiger partial charge on any atom is 0.165 e. The van der Waals surface area contributed by atoms with E-state index in [2.05, 4.69) is 5.32 Å². The SMILES string of the molecule is OC(CCc1cc(F)cc(F)c1)CNCc1cccc2c1OCCCO2. The molecule has 4 nitrogen and oxygen atoms in total. The quantitative estimate of drug-likeness (QED) is 0.793.